The third-order valence-corrected chi connectivity index (χ3v) is 1.90. The van der Waals surface area contributed by atoms with Gasteiger partial charge >= 0.3 is 0 Å². The monoisotopic (exact) mass is 246 g/mol. The molecular weight excluding hydrogens is 239 g/mol. The summed E-state index contributed by atoms with van der Waals surface area (Å²) in [5.74, 6) is -1.04. The summed E-state index contributed by atoms with van der Waals surface area (Å²) in [6.07, 6.45) is 0. The van der Waals surface area contributed by atoms with Crippen molar-refractivity contribution in [1.82, 2.24) is 10.9 Å². The zero-order valence-corrected chi connectivity index (χ0v) is 8.48. The van der Waals surface area contributed by atoms with Crippen LogP contribution in [0.4, 0.5) is 4.39 Å². The molecule has 70 valence electrons. The second-order valence-electron chi connectivity index (χ2n) is 2.33. The van der Waals surface area contributed by atoms with Crippen molar-refractivity contribution in [2.75, 3.05) is 7.05 Å². The molecule has 0 aliphatic heterocycles. The Kier molecular flexibility index (Phi) is 3.39. The van der Waals surface area contributed by atoms with Crippen LogP contribution in [-0.4, -0.2) is 13.0 Å². The zero-order valence-electron chi connectivity index (χ0n) is 6.90. The second kappa shape index (κ2) is 4.34. The van der Waals surface area contributed by atoms with Crippen LogP contribution in [-0.2, 0) is 0 Å². The normalized spacial score (nSPS) is 9.77. The molecule has 0 atom stereocenters. The topological polar surface area (TPSA) is 41.1 Å². The molecule has 0 radical (unpaired) electrons. The summed E-state index contributed by atoms with van der Waals surface area (Å²) in [6.45, 7) is 0. The summed E-state index contributed by atoms with van der Waals surface area (Å²) in [6, 6.07) is 4.18. The maximum atomic E-state index is 13.0. The van der Waals surface area contributed by atoms with Crippen molar-refractivity contribution in [1.29, 1.82) is 0 Å². The Labute approximate surface area is 83.4 Å². The SMILES string of the molecule is CNNC(=O)c1cc(Br)ccc1F. The third kappa shape index (κ3) is 2.50. The number of carbonyl (C=O) groups is 1. The van der Waals surface area contributed by atoms with Gasteiger partial charge in [-0.1, -0.05) is 15.9 Å². The molecule has 1 aromatic carbocycles. The summed E-state index contributed by atoms with van der Waals surface area (Å²) in [7, 11) is 1.54. The maximum Gasteiger partial charge on any atom is 0.268 e. The molecule has 0 fully saturated rings. The highest BCUT2D eigenvalue weighted by molar-refractivity contribution is 9.10. The summed E-state index contributed by atoms with van der Waals surface area (Å²) in [5, 5.41) is 0. The van der Waals surface area contributed by atoms with Crippen molar-refractivity contribution >= 4 is 21.8 Å². The standard InChI is InChI=1S/C8H8BrFN2O/c1-11-12-8(13)6-4-5(9)2-3-7(6)10/h2-4,11H,1H3,(H,12,13). The van der Waals surface area contributed by atoms with E-state index in [0.717, 1.165) is 0 Å². The van der Waals surface area contributed by atoms with Gasteiger partial charge in [0.2, 0.25) is 0 Å². The van der Waals surface area contributed by atoms with E-state index in [1.54, 1.807) is 0 Å². The van der Waals surface area contributed by atoms with E-state index in [9.17, 15) is 9.18 Å². The minimum atomic E-state index is -0.545. The Bertz CT molecular complexity index is 330. The van der Waals surface area contributed by atoms with Crippen molar-refractivity contribution < 1.29 is 9.18 Å². The molecule has 1 rings (SSSR count). The quantitative estimate of drug-likeness (QED) is 0.776. The average Bonchev–Trinajstić information content (AvgIpc) is 2.09. The van der Waals surface area contributed by atoms with Crippen molar-refractivity contribution in [2.24, 2.45) is 0 Å². The first-order chi connectivity index (χ1) is 6.15. The fraction of sp³-hybridized carbons (Fsp3) is 0.125. The number of halogens is 2. The fourth-order valence-corrected chi connectivity index (χ4v) is 1.21. The molecule has 0 saturated heterocycles. The van der Waals surface area contributed by atoms with Crippen molar-refractivity contribution in [3.8, 4) is 0 Å². The predicted molar refractivity (Wildman–Crippen MR) is 50.6 cm³/mol. The highest BCUT2D eigenvalue weighted by atomic mass is 79.9. The van der Waals surface area contributed by atoms with Gasteiger partial charge in [0.15, 0.2) is 0 Å². The molecule has 5 heteroatoms. The van der Waals surface area contributed by atoms with Gasteiger partial charge in [-0.05, 0) is 18.2 Å². The number of rotatable bonds is 2. The molecule has 3 nitrogen and oxygen atoms in total. The van der Waals surface area contributed by atoms with E-state index in [4.69, 9.17) is 0 Å². The molecule has 2 N–H and O–H groups in total. The lowest BCUT2D eigenvalue weighted by molar-refractivity contribution is 0.0934. The molecule has 0 spiro atoms. The minimum absolute atomic E-state index is 0.00345. The van der Waals surface area contributed by atoms with Crippen LogP contribution < -0.4 is 10.9 Å². The Hall–Kier alpha value is -0.940. The number of carbonyl (C=O) groups excluding carboxylic acids is 1. The molecule has 1 aromatic rings. The lowest BCUT2D eigenvalue weighted by Crippen LogP contribution is -2.34. The van der Waals surface area contributed by atoms with Crippen LogP contribution >= 0.6 is 15.9 Å². The first-order valence-corrected chi connectivity index (χ1v) is 4.36. The smallest absolute Gasteiger partial charge is 0.268 e. The first kappa shape index (κ1) is 10.1. The van der Waals surface area contributed by atoms with Crippen molar-refractivity contribution in [2.45, 2.75) is 0 Å². The number of hydrogen-bond acceptors (Lipinski definition) is 2. The summed E-state index contributed by atoms with van der Waals surface area (Å²) < 4.78 is 13.7. The van der Waals surface area contributed by atoms with Crippen molar-refractivity contribution in [3.63, 3.8) is 0 Å². The molecule has 0 unspecified atom stereocenters. The van der Waals surface area contributed by atoms with Gasteiger partial charge in [0.1, 0.15) is 5.82 Å². The van der Waals surface area contributed by atoms with Gasteiger partial charge in [-0.15, -0.1) is 0 Å². The van der Waals surface area contributed by atoms with E-state index in [1.165, 1.54) is 25.2 Å². The number of amides is 1. The van der Waals surface area contributed by atoms with Crippen LogP contribution in [0.25, 0.3) is 0 Å². The average molecular weight is 247 g/mol. The molecule has 0 aromatic heterocycles. The lowest BCUT2D eigenvalue weighted by atomic mass is 10.2. The molecule has 13 heavy (non-hydrogen) atoms. The lowest BCUT2D eigenvalue weighted by Gasteiger charge is -2.04. The maximum absolute atomic E-state index is 13.0. The number of hydrogen-bond donors (Lipinski definition) is 2. The van der Waals surface area contributed by atoms with Gasteiger partial charge < -0.3 is 0 Å². The molecule has 0 bridgehead atoms. The van der Waals surface area contributed by atoms with Crippen LogP contribution in [0, 0.1) is 5.82 Å². The van der Waals surface area contributed by atoms with E-state index in [2.05, 4.69) is 26.8 Å². The summed E-state index contributed by atoms with van der Waals surface area (Å²) >= 11 is 3.15. The van der Waals surface area contributed by atoms with E-state index in [0.29, 0.717) is 4.47 Å². The van der Waals surface area contributed by atoms with E-state index >= 15 is 0 Å². The largest absolute Gasteiger partial charge is 0.288 e. The van der Waals surface area contributed by atoms with Crippen LogP contribution in [0.2, 0.25) is 0 Å². The number of benzene rings is 1. The van der Waals surface area contributed by atoms with Gasteiger partial charge in [0, 0.05) is 11.5 Å². The van der Waals surface area contributed by atoms with Crippen molar-refractivity contribution in [3.05, 3.63) is 34.1 Å². The minimum Gasteiger partial charge on any atom is -0.288 e. The Morgan fingerprint density at radius 1 is 1.54 bits per heavy atom. The summed E-state index contributed by atoms with van der Waals surface area (Å²) in [4.78, 5) is 11.2. The van der Waals surface area contributed by atoms with Crippen LogP contribution in [0.5, 0.6) is 0 Å². The Morgan fingerprint density at radius 3 is 2.85 bits per heavy atom. The highest BCUT2D eigenvalue weighted by Gasteiger charge is 2.10. The first-order valence-electron chi connectivity index (χ1n) is 3.57. The second-order valence-corrected chi connectivity index (χ2v) is 3.24. The van der Waals surface area contributed by atoms with Gasteiger partial charge in [-0.3, -0.25) is 10.2 Å². The molecule has 0 heterocycles. The number of nitrogens with one attached hydrogen (secondary N) is 2. The van der Waals surface area contributed by atoms with E-state index in [1.807, 2.05) is 0 Å². The Balaban J connectivity index is 2.99. The molecule has 0 saturated carbocycles. The predicted octanol–water partition coefficient (Wildman–Crippen LogP) is 1.45. The van der Waals surface area contributed by atoms with Gasteiger partial charge in [0.05, 0.1) is 5.56 Å². The zero-order chi connectivity index (χ0) is 9.84. The van der Waals surface area contributed by atoms with Gasteiger partial charge in [-0.25, -0.2) is 9.82 Å². The molecular formula is C8H8BrFN2O. The fourth-order valence-electron chi connectivity index (χ4n) is 0.852. The molecule has 0 aliphatic rings. The van der Waals surface area contributed by atoms with Crippen LogP contribution in [0.3, 0.4) is 0 Å². The molecule has 1 amide bonds. The number of hydrazine groups is 1. The van der Waals surface area contributed by atoms with Crippen LogP contribution in [0.1, 0.15) is 10.4 Å². The van der Waals surface area contributed by atoms with Crippen LogP contribution in [0.15, 0.2) is 22.7 Å². The van der Waals surface area contributed by atoms with E-state index < -0.39 is 11.7 Å². The van der Waals surface area contributed by atoms with Gasteiger partial charge in [0.25, 0.3) is 5.91 Å². The Morgan fingerprint density at radius 2 is 2.23 bits per heavy atom. The van der Waals surface area contributed by atoms with Gasteiger partial charge in [-0.2, -0.15) is 0 Å². The highest BCUT2D eigenvalue weighted by Crippen LogP contribution is 2.14. The van der Waals surface area contributed by atoms with E-state index in [-0.39, 0.29) is 5.56 Å². The third-order valence-electron chi connectivity index (χ3n) is 1.41. The summed E-state index contributed by atoms with van der Waals surface area (Å²) in [5.41, 5.74) is 4.71. The molecule has 0 aliphatic carbocycles.